The molecular formula is C25H22N2O4S. The highest BCUT2D eigenvalue weighted by Crippen LogP contribution is 2.25. The van der Waals surface area contributed by atoms with Gasteiger partial charge in [0.25, 0.3) is 0 Å². The van der Waals surface area contributed by atoms with Crippen LogP contribution in [0.5, 0.6) is 0 Å². The fourth-order valence-corrected chi connectivity index (χ4v) is 3.99. The minimum Gasteiger partial charge on any atom is -0.457 e. The van der Waals surface area contributed by atoms with E-state index in [4.69, 9.17) is 9.84 Å². The molecule has 0 atom stereocenters. The Morgan fingerprint density at radius 2 is 1.62 bits per heavy atom. The highest BCUT2D eigenvalue weighted by atomic mass is 32.2. The Kier molecular flexibility index (Phi) is 5.92. The summed E-state index contributed by atoms with van der Waals surface area (Å²) in [5.41, 5.74) is 4.12. The molecule has 3 aromatic carbocycles. The molecule has 7 heteroatoms. The van der Waals surface area contributed by atoms with Crippen molar-refractivity contribution in [2.45, 2.75) is 18.4 Å². The first kappa shape index (κ1) is 21.5. The maximum Gasteiger partial charge on any atom is 0.338 e. The van der Waals surface area contributed by atoms with Crippen LogP contribution in [0.3, 0.4) is 0 Å². The van der Waals surface area contributed by atoms with Gasteiger partial charge in [-0.3, -0.25) is 0 Å². The third-order valence-corrected chi connectivity index (χ3v) is 6.18. The molecule has 1 heterocycles. The zero-order chi connectivity index (χ0) is 22.7. The van der Waals surface area contributed by atoms with Gasteiger partial charge in [-0.1, -0.05) is 54.6 Å². The van der Waals surface area contributed by atoms with Crippen LogP contribution in [0.1, 0.15) is 21.5 Å². The second-order valence-corrected chi connectivity index (χ2v) is 9.49. The molecule has 0 saturated heterocycles. The molecule has 32 heavy (non-hydrogen) atoms. The Hall–Kier alpha value is -3.71. The van der Waals surface area contributed by atoms with Crippen LogP contribution >= 0.6 is 0 Å². The van der Waals surface area contributed by atoms with Crippen molar-refractivity contribution in [1.82, 2.24) is 9.78 Å². The molecule has 162 valence electrons. The number of rotatable bonds is 6. The van der Waals surface area contributed by atoms with Crippen molar-refractivity contribution in [2.24, 2.45) is 0 Å². The van der Waals surface area contributed by atoms with Crippen LogP contribution in [0, 0.1) is 6.92 Å². The van der Waals surface area contributed by atoms with Crippen LogP contribution in [0.2, 0.25) is 0 Å². The van der Waals surface area contributed by atoms with E-state index in [9.17, 15) is 13.2 Å². The van der Waals surface area contributed by atoms with Gasteiger partial charge in [-0.05, 0) is 36.8 Å². The monoisotopic (exact) mass is 446 g/mol. The van der Waals surface area contributed by atoms with Gasteiger partial charge in [-0.25, -0.2) is 17.9 Å². The van der Waals surface area contributed by atoms with E-state index >= 15 is 0 Å². The molecule has 4 rings (SSSR count). The lowest BCUT2D eigenvalue weighted by Crippen LogP contribution is -2.09. The standard InChI is InChI=1S/C25H22N2O4S/c1-18-13-14-22(32(2,29)30)15-23(18)25(28)31-17-20-16-27(21-11-7-4-8-12-21)26-24(20)19-9-5-3-6-10-19/h3-16H,17H2,1-2H3. The van der Waals surface area contributed by atoms with E-state index in [-0.39, 0.29) is 17.1 Å². The van der Waals surface area contributed by atoms with Gasteiger partial charge in [-0.2, -0.15) is 5.10 Å². The summed E-state index contributed by atoms with van der Waals surface area (Å²) in [4.78, 5) is 12.9. The van der Waals surface area contributed by atoms with Gasteiger partial charge in [-0.15, -0.1) is 0 Å². The maximum absolute atomic E-state index is 12.8. The number of aryl methyl sites for hydroxylation is 1. The average molecular weight is 447 g/mol. The summed E-state index contributed by atoms with van der Waals surface area (Å²) in [5.74, 6) is -0.584. The van der Waals surface area contributed by atoms with Gasteiger partial charge >= 0.3 is 5.97 Å². The lowest BCUT2D eigenvalue weighted by atomic mass is 10.1. The number of esters is 1. The summed E-state index contributed by atoms with van der Waals surface area (Å²) in [6.45, 7) is 1.74. The number of sulfone groups is 1. The van der Waals surface area contributed by atoms with Crippen LogP contribution in [0.4, 0.5) is 0 Å². The fraction of sp³-hybridized carbons (Fsp3) is 0.120. The smallest absolute Gasteiger partial charge is 0.338 e. The van der Waals surface area contributed by atoms with Crippen molar-refractivity contribution in [3.8, 4) is 16.9 Å². The van der Waals surface area contributed by atoms with E-state index in [1.165, 1.54) is 12.1 Å². The molecule has 4 aromatic rings. The largest absolute Gasteiger partial charge is 0.457 e. The lowest BCUT2D eigenvalue weighted by molar-refractivity contribution is 0.0472. The summed E-state index contributed by atoms with van der Waals surface area (Å²) in [7, 11) is -3.43. The van der Waals surface area contributed by atoms with Crippen LogP contribution in [0.15, 0.2) is 90.0 Å². The Morgan fingerprint density at radius 3 is 2.28 bits per heavy atom. The number of ether oxygens (including phenoxy) is 1. The van der Waals surface area contributed by atoms with E-state index in [1.54, 1.807) is 17.7 Å². The van der Waals surface area contributed by atoms with Crippen molar-refractivity contribution in [2.75, 3.05) is 6.26 Å². The van der Waals surface area contributed by atoms with Gasteiger partial charge in [0.15, 0.2) is 9.84 Å². The average Bonchev–Trinajstić information content (AvgIpc) is 3.22. The van der Waals surface area contributed by atoms with Crippen molar-refractivity contribution in [1.29, 1.82) is 0 Å². The highest BCUT2D eigenvalue weighted by Gasteiger charge is 2.18. The number of benzene rings is 3. The zero-order valence-electron chi connectivity index (χ0n) is 17.7. The first-order chi connectivity index (χ1) is 15.3. The van der Waals surface area contributed by atoms with E-state index in [2.05, 4.69) is 0 Å². The molecule has 0 N–H and O–H groups in total. The fourth-order valence-electron chi connectivity index (χ4n) is 3.34. The second-order valence-electron chi connectivity index (χ2n) is 7.47. The lowest BCUT2D eigenvalue weighted by Gasteiger charge is -2.09. The van der Waals surface area contributed by atoms with E-state index in [0.717, 1.165) is 23.1 Å². The molecule has 0 unspecified atom stereocenters. The summed E-state index contributed by atoms with van der Waals surface area (Å²) >= 11 is 0. The van der Waals surface area contributed by atoms with Gasteiger partial charge in [0.2, 0.25) is 0 Å². The molecule has 0 aliphatic heterocycles. The van der Waals surface area contributed by atoms with E-state index < -0.39 is 15.8 Å². The number of carbonyl (C=O) groups is 1. The Labute approximate surface area is 187 Å². The number of aromatic nitrogens is 2. The Balaban J connectivity index is 1.65. The molecular weight excluding hydrogens is 424 g/mol. The zero-order valence-corrected chi connectivity index (χ0v) is 18.5. The van der Waals surface area contributed by atoms with Crippen molar-refractivity contribution in [3.63, 3.8) is 0 Å². The van der Waals surface area contributed by atoms with Gasteiger partial charge in [0.1, 0.15) is 6.61 Å². The third kappa shape index (κ3) is 4.63. The van der Waals surface area contributed by atoms with Crippen molar-refractivity contribution < 1.29 is 17.9 Å². The van der Waals surface area contributed by atoms with E-state index in [1.807, 2.05) is 66.9 Å². The molecule has 0 spiro atoms. The molecule has 6 nitrogen and oxygen atoms in total. The molecule has 0 fully saturated rings. The molecule has 0 saturated carbocycles. The molecule has 0 aliphatic carbocycles. The van der Waals surface area contributed by atoms with Crippen LogP contribution in [0.25, 0.3) is 16.9 Å². The number of nitrogens with zero attached hydrogens (tertiary/aromatic N) is 2. The minimum absolute atomic E-state index is 0.00155. The number of hydrogen-bond acceptors (Lipinski definition) is 5. The highest BCUT2D eigenvalue weighted by molar-refractivity contribution is 7.90. The van der Waals surface area contributed by atoms with Crippen LogP contribution < -0.4 is 0 Å². The molecule has 0 amide bonds. The number of hydrogen-bond donors (Lipinski definition) is 0. The first-order valence-electron chi connectivity index (χ1n) is 10.00. The Bertz CT molecular complexity index is 1360. The third-order valence-electron chi connectivity index (χ3n) is 5.07. The Morgan fingerprint density at radius 1 is 0.969 bits per heavy atom. The van der Waals surface area contributed by atoms with Gasteiger partial charge in [0.05, 0.1) is 21.8 Å². The molecule has 1 aromatic heterocycles. The normalized spacial score (nSPS) is 11.3. The van der Waals surface area contributed by atoms with Crippen molar-refractivity contribution in [3.05, 3.63) is 102 Å². The van der Waals surface area contributed by atoms with Gasteiger partial charge in [0, 0.05) is 23.6 Å². The molecule has 0 bridgehead atoms. The predicted octanol–water partition coefficient (Wildman–Crippen LogP) is 4.61. The topological polar surface area (TPSA) is 78.3 Å². The SMILES string of the molecule is Cc1ccc(S(C)(=O)=O)cc1C(=O)OCc1cn(-c2ccccc2)nc1-c1ccccc1. The van der Waals surface area contributed by atoms with Crippen molar-refractivity contribution >= 4 is 15.8 Å². The predicted molar refractivity (Wildman–Crippen MR) is 122 cm³/mol. The summed E-state index contributed by atoms with van der Waals surface area (Å²) in [6, 6.07) is 23.8. The molecule has 0 aliphatic rings. The van der Waals surface area contributed by atoms with Gasteiger partial charge < -0.3 is 4.74 Å². The first-order valence-corrected chi connectivity index (χ1v) is 11.9. The second kappa shape index (κ2) is 8.80. The number of carbonyl (C=O) groups excluding carboxylic acids is 1. The summed E-state index contributed by atoms with van der Waals surface area (Å²) in [5, 5.41) is 4.71. The van der Waals surface area contributed by atoms with Crippen LogP contribution in [-0.2, 0) is 21.2 Å². The summed E-state index contributed by atoms with van der Waals surface area (Å²) in [6.07, 6.45) is 2.95. The van der Waals surface area contributed by atoms with E-state index in [0.29, 0.717) is 11.3 Å². The summed E-state index contributed by atoms with van der Waals surface area (Å²) < 4.78 is 31.1. The van der Waals surface area contributed by atoms with Crippen LogP contribution in [-0.4, -0.2) is 30.4 Å². The quantitative estimate of drug-likeness (QED) is 0.404. The number of para-hydroxylation sites is 1. The maximum atomic E-state index is 12.8. The minimum atomic E-state index is -3.43. The molecule has 0 radical (unpaired) electrons.